The molecule has 0 saturated heterocycles. The number of para-hydroxylation sites is 1. The van der Waals surface area contributed by atoms with E-state index >= 15 is 0 Å². The summed E-state index contributed by atoms with van der Waals surface area (Å²) in [5.74, 6) is -1.52. The van der Waals surface area contributed by atoms with E-state index in [1.54, 1.807) is 31.2 Å². The average molecular weight is 290 g/mol. The van der Waals surface area contributed by atoms with Gasteiger partial charge in [-0.25, -0.2) is 8.78 Å². The molecule has 21 heavy (non-hydrogen) atoms. The van der Waals surface area contributed by atoms with Crippen LogP contribution < -0.4 is 11.1 Å². The number of carbonyl (C=O) groups is 1. The Kier molecular flexibility index (Phi) is 4.21. The fourth-order valence-electron chi connectivity index (χ4n) is 2.11. The van der Waals surface area contributed by atoms with Crippen molar-refractivity contribution in [3.05, 3.63) is 65.7 Å². The number of nitrogens with one attached hydrogen (secondary N) is 1. The monoisotopic (exact) mass is 290 g/mol. The zero-order valence-corrected chi connectivity index (χ0v) is 11.6. The van der Waals surface area contributed by atoms with Crippen LogP contribution in [0.15, 0.2) is 48.5 Å². The molecule has 2 aromatic rings. The minimum Gasteiger partial charge on any atom is -0.369 e. The molecular formula is C16H16F2N2O. The molecule has 0 heterocycles. The highest BCUT2D eigenvalue weighted by Gasteiger charge is 2.32. The molecule has 1 amide bonds. The Hall–Kier alpha value is -2.43. The Morgan fingerprint density at radius 3 is 2.52 bits per heavy atom. The molecule has 0 saturated carbocycles. The van der Waals surface area contributed by atoms with Gasteiger partial charge in [0.2, 0.25) is 5.91 Å². The highest BCUT2D eigenvalue weighted by molar-refractivity contribution is 5.88. The lowest BCUT2D eigenvalue weighted by molar-refractivity contribution is -0.121. The van der Waals surface area contributed by atoms with E-state index in [0.717, 1.165) is 0 Å². The number of rotatable bonds is 5. The van der Waals surface area contributed by atoms with Gasteiger partial charge in [0, 0.05) is 6.42 Å². The van der Waals surface area contributed by atoms with Crippen LogP contribution in [-0.4, -0.2) is 11.4 Å². The van der Waals surface area contributed by atoms with Gasteiger partial charge < -0.3 is 11.1 Å². The lowest BCUT2D eigenvalue weighted by Crippen LogP contribution is -2.49. The van der Waals surface area contributed by atoms with Crippen molar-refractivity contribution < 1.29 is 13.6 Å². The Morgan fingerprint density at radius 2 is 1.90 bits per heavy atom. The first-order valence-electron chi connectivity index (χ1n) is 6.48. The molecule has 0 aliphatic rings. The molecule has 0 aliphatic carbocycles. The second-order valence-corrected chi connectivity index (χ2v) is 5.11. The second kappa shape index (κ2) is 5.91. The van der Waals surface area contributed by atoms with Crippen molar-refractivity contribution in [2.75, 3.05) is 5.32 Å². The van der Waals surface area contributed by atoms with Crippen molar-refractivity contribution >= 4 is 11.6 Å². The van der Waals surface area contributed by atoms with Gasteiger partial charge in [-0.15, -0.1) is 0 Å². The van der Waals surface area contributed by atoms with Gasteiger partial charge in [0.1, 0.15) is 17.2 Å². The maximum absolute atomic E-state index is 13.7. The molecule has 3 N–H and O–H groups in total. The molecule has 1 atom stereocenters. The number of hydrogen-bond donors (Lipinski definition) is 2. The molecule has 2 rings (SSSR count). The van der Waals surface area contributed by atoms with E-state index in [0.29, 0.717) is 5.56 Å². The van der Waals surface area contributed by atoms with Crippen LogP contribution in [0.5, 0.6) is 0 Å². The van der Waals surface area contributed by atoms with E-state index in [1.165, 1.54) is 24.3 Å². The first-order chi connectivity index (χ1) is 9.90. The molecule has 2 aromatic carbocycles. The number of carbonyl (C=O) groups excluding carboxylic acids is 1. The number of nitrogens with two attached hydrogens (primary N) is 1. The normalized spacial score (nSPS) is 13.5. The maximum Gasteiger partial charge on any atom is 0.243 e. The number of primary amides is 1. The standard InChI is InChI=1S/C16H16F2N2O/c1-16(15(19)21,10-11-5-4-6-12(17)9-11)20-14-8-3-2-7-13(14)18/h2-9,20H,10H2,1H3,(H2,19,21). The van der Waals surface area contributed by atoms with E-state index in [-0.39, 0.29) is 12.1 Å². The summed E-state index contributed by atoms with van der Waals surface area (Å²) in [5.41, 5.74) is 4.98. The predicted molar refractivity (Wildman–Crippen MR) is 77.7 cm³/mol. The topological polar surface area (TPSA) is 55.1 Å². The fraction of sp³-hybridized carbons (Fsp3) is 0.188. The van der Waals surface area contributed by atoms with Crippen LogP contribution >= 0.6 is 0 Å². The van der Waals surface area contributed by atoms with E-state index in [2.05, 4.69) is 5.32 Å². The van der Waals surface area contributed by atoms with Crippen LogP contribution in [0.2, 0.25) is 0 Å². The summed E-state index contributed by atoms with van der Waals surface area (Å²) in [5, 5.41) is 2.82. The fourth-order valence-corrected chi connectivity index (χ4v) is 2.11. The molecule has 0 aliphatic heterocycles. The third-order valence-electron chi connectivity index (χ3n) is 3.27. The number of halogens is 2. The molecule has 0 aromatic heterocycles. The third-order valence-corrected chi connectivity index (χ3v) is 3.27. The highest BCUT2D eigenvalue weighted by atomic mass is 19.1. The van der Waals surface area contributed by atoms with Crippen molar-refractivity contribution in [1.82, 2.24) is 0 Å². The van der Waals surface area contributed by atoms with Gasteiger partial charge in [0.05, 0.1) is 5.69 Å². The maximum atomic E-state index is 13.7. The molecule has 0 fully saturated rings. The first-order valence-corrected chi connectivity index (χ1v) is 6.48. The summed E-state index contributed by atoms with van der Waals surface area (Å²) in [4.78, 5) is 11.8. The number of anilines is 1. The highest BCUT2D eigenvalue weighted by Crippen LogP contribution is 2.22. The van der Waals surface area contributed by atoms with Crippen LogP contribution in [0.4, 0.5) is 14.5 Å². The SMILES string of the molecule is CC(Cc1cccc(F)c1)(Nc1ccccc1F)C(N)=O. The smallest absolute Gasteiger partial charge is 0.243 e. The van der Waals surface area contributed by atoms with Crippen LogP contribution in [0.25, 0.3) is 0 Å². The molecule has 0 spiro atoms. The zero-order chi connectivity index (χ0) is 15.5. The van der Waals surface area contributed by atoms with Gasteiger partial charge in [-0.3, -0.25) is 4.79 Å². The van der Waals surface area contributed by atoms with E-state index < -0.39 is 23.1 Å². The minimum atomic E-state index is -1.23. The summed E-state index contributed by atoms with van der Waals surface area (Å²) >= 11 is 0. The quantitative estimate of drug-likeness (QED) is 0.889. The number of benzene rings is 2. The molecule has 3 nitrogen and oxygen atoms in total. The zero-order valence-electron chi connectivity index (χ0n) is 11.6. The summed E-state index contributed by atoms with van der Waals surface area (Å²) in [7, 11) is 0. The summed E-state index contributed by atoms with van der Waals surface area (Å²) in [6.07, 6.45) is 0.147. The van der Waals surface area contributed by atoms with Crippen molar-refractivity contribution in [1.29, 1.82) is 0 Å². The van der Waals surface area contributed by atoms with Gasteiger partial charge in [0.15, 0.2) is 0 Å². The Bertz CT molecular complexity index is 660. The minimum absolute atomic E-state index is 0.147. The Balaban J connectivity index is 2.29. The largest absolute Gasteiger partial charge is 0.369 e. The number of hydrogen-bond acceptors (Lipinski definition) is 2. The van der Waals surface area contributed by atoms with Crippen LogP contribution in [0.1, 0.15) is 12.5 Å². The average Bonchev–Trinajstić information content (AvgIpc) is 2.41. The van der Waals surface area contributed by atoms with E-state index in [1.807, 2.05) is 0 Å². The molecule has 0 bridgehead atoms. The van der Waals surface area contributed by atoms with Crippen LogP contribution in [0, 0.1) is 11.6 Å². The molecular weight excluding hydrogens is 274 g/mol. The molecule has 110 valence electrons. The van der Waals surface area contributed by atoms with Gasteiger partial charge in [0.25, 0.3) is 0 Å². The summed E-state index contributed by atoms with van der Waals surface area (Å²) < 4.78 is 26.9. The van der Waals surface area contributed by atoms with Crippen LogP contribution in [0.3, 0.4) is 0 Å². The van der Waals surface area contributed by atoms with Crippen molar-refractivity contribution in [3.63, 3.8) is 0 Å². The molecule has 5 heteroatoms. The predicted octanol–water partition coefficient (Wildman–Crippen LogP) is 2.86. The number of amides is 1. The second-order valence-electron chi connectivity index (χ2n) is 5.11. The molecule has 1 unspecified atom stereocenters. The lowest BCUT2D eigenvalue weighted by atomic mass is 9.91. The lowest BCUT2D eigenvalue weighted by Gasteiger charge is -2.29. The van der Waals surface area contributed by atoms with Crippen LogP contribution in [-0.2, 0) is 11.2 Å². The van der Waals surface area contributed by atoms with Crippen molar-refractivity contribution in [2.24, 2.45) is 5.73 Å². The molecule has 0 radical (unpaired) electrons. The van der Waals surface area contributed by atoms with Gasteiger partial charge in [-0.05, 0) is 36.8 Å². The Morgan fingerprint density at radius 1 is 1.19 bits per heavy atom. The summed E-state index contributed by atoms with van der Waals surface area (Å²) in [6, 6.07) is 11.9. The van der Waals surface area contributed by atoms with Crippen molar-refractivity contribution in [2.45, 2.75) is 18.9 Å². The summed E-state index contributed by atoms with van der Waals surface area (Å²) in [6.45, 7) is 1.56. The van der Waals surface area contributed by atoms with E-state index in [9.17, 15) is 13.6 Å². The Labute approximate surface area is 121 Å². The van der Waals surface area contributed by atoms with Gasteiger partial charge in [-0.2, -0.15) is 0 Å². The van der Waals surface area contributed by atoms with Gasteiger partial charge in [-0.1, -0.05) is 24.3 Å². The van der Waals surface area contributed by atoms with Crippen molar-refractivity contribution in [3.8, 4) is 0 Å². The van der Waals surface area contributed by atoms with Gasteiger partial charge >= 0.3 is 0 Å². The first kappa shape index (κ1) is 15.0. The third kappa shape index (κ3) is 3.56. The van der Waals surface area contributed by atoms with E-state index in [4.69, 9.17) is 5.73 Å².